The summed E-state index contributed by atoms with van der Waals surface area (Å²) in [5.74, 6) is -0.140. The van der Waals surface area contributed by atoms with E-state index in [0.717, 1.165) is 11.8 Å². The van der Waals surface area contributed by atoms with E-state index >= 15 is 0 Å². The predicted molar refractivity (Wildman–Crippen MR) is 177 cm³/mol. The zero-order valence-corrected chi connectivity index (χ0v) is 26.9. The van der Waals surface area contributed by atoms with E-state index in [0.29, 0.717) is 86.1 Å². The van der Waals surface area contributed by atoms with Crippen LogP contribution in [0.2, 0.25) is 0 Å². The zero-order chi connectivity index (χ0) is 34.4. The summed E-state index contributed by atoms with van der Waals surface area (Å²) in [6.45, 7) is 13.1. The fourth-order valence-electron chi connectivity index (χ4n) is 5.69. The van der Waals surface area contributed by atoms with Gasteiger partial charge in [-0.25, -0.2) is 9.83 Å². The summed E-state index contributed by atoms with van der Waals surface area (Å²) >= 11 is 0. The van der Waals surface area contributed by atoms with E-state index in [1.165, 1.54) is 6.07 Å². The van der Waals surface area contributed by atoms with E-state index in [4.69, 9.17) is 31.5 Å². The van der Waals surface area contributed by atoms with Crippen molar-refractivity contribution in [2.24, 2.45) is 5.73 Å². The Balaban J connectivity index is 1.33. The number of primary amides is 1. The largest absolute Gasteiger partial charge is 0.491 e. The lowest BCUT2D eigenvalue weighted by atomic mass is 10.1. The van der Waals surface area contributed by atoms with Crippen LogP contribution in [0.5, 0.6) is 11.5 Å². The van der Waals surface area contributed by atoms with Gasteiger partial charge in [0.05, 0.1) is 35.4 Å². The molecule has 0 spiro atoms. The number of carbonyl (C=O) groups is 2. The minimum Gasteiger partial charge on any atom is -0.491 e. The first-order valence-electron chi connectivity index (χ1n) is 15.5. The normalized spacial score (nSPS) is 13.5. The third-order valence-corrected chi connectivity index (χ3v) is 7.90. The van der Waals surface area contributed by atoms with Gasteiger partial charge in [-0.1, -0.05) is 0 Å². The van der Waals surface area contributed by atoms with Crippen molar-refractivity contribution in [3.8, 4) is 11.5 Å². The number of rotatable bonds is 16. The van der Waals surface area contributed by atoms with Crippen LogP contribution >= 0.6 is 0 Å². The predicted octanol–water partition coefficient (Wildman–Crippen LogP) is 5.00. The average molecular weight is 660 g/mol. The van der Waals surface area contributed by atoms with Gasteiger partial charge in [-0.15, -0.1) is 0 Å². The summed E-state index contributed by atoms with van der Waals surface area (Å²) in [4.78, 5) is 44.8. The van der Waals surface area contributed by atoms with Gasteiger partial charge in [0.15, 0.2) is 11.4 Å². The molecule has 3 heterocycles. The van der Waals surface area contributed by atoms with Crippen LogP contribution in [0.25, 0.3) is 15.9 Å². The van der Waals surface area contributed by atoms with Gasteiger partial charge >= 0.3 is 0 Å². The Morgan fingerprint density at radius 2 is 2.02 bits per heavy atom. The quantitative estimate of drug-likeness (QED) is 0.0637. The number of hydrogen-bond acceptors (Lipinski definition) is 10. The van der Waals surface area contributed by atoms with Crippen molar-refractivity contribution in [3.63, 3.8) is 0 Å². The second-order valence-electron chi connectivity index (χ2n) is 11.2. The molecular formula is C32H37N9O7. The van der Waals surface area contributed by atoms with E-state index in [-0.39, 0.29) is 41.2 Å². The standard InChI is InChI=1S/C32H37N9O7/c1-5-39-25(13-19(2)38-39)31(43)37-32-36-23-16-21(34-3)17-27-29(23)40(32)22(18-48-27)9-6-7-10-35-28-24(41(44)45)14-20(30(33)42)15-26(28)47-12-8-11-46-4/h13-17,22,35H,5-12,18H2,1-2,4H3,(H2,33,42)(H,36,37,43)/t22-/m0/s1. The molecule has 2 aromatic carbocycles. The van der Waals surface area contributed by atoms with Crippen LogP contribution in [-0.4, -0.2) is 69.5 Å². The molecule has 1 aliphatic rings. The van der Waals surface area contributed by atoms with E-state index in [2.05, 4.69) is 20.6 Å². The summed E-state index contributed by atoms with van der Waals surface area (Å²) in [5, 5.41) is 22.4. The lowest BCUT2D eigenvalue weighted by molar-refractivity contribution is -0.384. The van der Waals surface area contributed by atoms with Crippen molar-refractivity contribution in [2.75, 3.05) is 44.1 Å². The average Bonchev–Trinajstić information content (AvgIpc) is 3.64. The minimum absolute atomic E-state index is 0.0288. The Kier molecular flexibility index (Phi) is 10.4. The highest BCUT2D eigenvalue weighted by atomic mass is 16.6. The van der Waals surface area contributed by atoms with Crippen molar-refractivity contribution in [1.82, 2.24) is 19.3 Å². The van der Waals surface area contributed by atoms with Crippen LogP contribution < -0.4 is 25.8 Å². The molecular weight excluding hydrogens is 622 g/mol. The Morgan fingerprint density at radius 1 is 1.21 bits per heavy atom. The van der Waals surface area contributed by atoms with Crippen LogP contribution in [0.3, 0.4) is 0 Å². The number of nitrogens with one attached hydrogen (secondary N) is 2. The molecule has 16 nitrogen and oxygen atoms in total. The highest BCUT2D eigenvalue weighted by Gasteiger charge is 2.29. The molecule has 0 saturated carbocycles. The topological polar surface area (TPSA) is 195 Å². The first-order chi connectivity index (χ1) is 23.1. The Labute approximate surface area is 276 Å². The number of hydrogen-bond donors (Lipinski definition) is 3. The lowest BCUT2D eigenvalue weighted by Gasteiger charge is -2.27. The number of nitro benzene ring substituents is 1. The molecule has 16 heteroatoms. The van der Waals surface area contributed by atoms with E-state index in [1.807, 2.05) is 18.4 Å². The number of anilines is 2. The van der Waals surface area contributed by atoms with Crippen LogP contribution in [0.4, 0.5) is 23.0 Å². The second kappa shape index (κ2) is 14.8. The molecule has 0 saturated heterocycles. The fraction of sp³-hybridized carbons (Fsp3) is 0.406. The molecule has 1 aliphatic heterocycles. The zero-order valence-electron chi connectivity index (χ0n) is 26.9. The van der Waals surface area contributed by atoms with Crippen LogP contribution in [0.1, 0.15) is 65.2 Å². The number of nitrogens with zero attached hydrogens (tertiary/aromatic N) is 6. The number of aryl methyl sites for hydroxylation is 2. The summed E-state index contributed by atoms with van der Waals surface area (Å²) in [6, 6.07) is 7.39. The summed E-state index contributed by atoms with van der Waals surface area (Å²) in [6.07, 6.45) is 2.48. The van der Waals surface area contributed by atoms with Crippen LogP contribution in [-0.2, 0) is 11.3 Å². The Bertz CT molecular complexity index is 1890. The number of aromatic nitrogens is 4. The van der Waals surface area contributed by atoms with E-state index in [1.54, 1.807) is 30.0 Å². The molecule has 0 aliphatic carbocycles. The molecule has 0 radical (unpaired) electrons. The number of methoxy groups -OCH3 is 1. The van der Waals surface area contributed by atoms with Crippen LogP contribution in [0.15, 0.2) is 30.3 Å². The van der Waals surface area contributed by atoms with E-state index < -0.39 is 10.8 Å². The Hall–Kier alpha value is -5.69. The van der Waals surface area contributed by atoms with Gasteiger partial charge in [-0.2, -0.15) is 5.10 Å². The molecule has 2 aromatic heterocycles. The number of benzene rings is 2. The van der Waals surface area contributed by atoms with Crippen molar-refractivity contribution in [1.29, 1.82) is 0 Å². The molecule has 4 N–H and O–H groups in total. The smallest absolute Gasteiger partial charge is 0.296 e. The summed E-state index contributed by atoms with van der Waals surface area (Å²) in [5.41, 5.74) is 7.97. The maximum absolute atomic E-state index is 13.4. The van der Waals surface area contributed by atoms with Gasteiger partial charge in [-0.3, -0.25) is 29.7 Å². The third kappa shape index (κ3) is 7.15. The molecule has 1 atom stereocenters. The third-order valence-electron chi connectivity index (χ3n) is 7.90. The minimum atomic E-state index is -0.803. The van der Waals surface area contributed by atoms with Gasteiger partial charge in [0, 0.05) is 44.9 Å². The molecule has 0 unspecified atom stereocenters. The SMILES string of the molecule is [C-]#[N+]c1cc2c3c(c1)nc(NC(=O)c1cc(C)nn1CC)n3[C@@H](CCCCNc1c(OCCCOC)cc(C(N)=O)cc1[N+](=O)[O-])CO2. The van der Waals surface area contributed by atoms with Crippen molar-refractivity contribution < 1.29 is 28.7 Å². The van der Waals surface area contributed by atoms with Gasteiger partial charge < -0.3 is 29.8 Å². The molecule has 252 valence electrons. The monoisotopic (exact) mass is 659 g/mol. The number of nitro groups is 1. The highest BCUT2D eigenvalue weighted by Crippen LogP contribution is 2.41. The lowest BCUT2D eigenvalue weighted by Crippen LogP contribution is -2.26. The molecule has 0 bridgehead atoms. The molecule has 5 rings (SSSR count). The molecule has 2 amide bonds. The second-order valence-corrected chi connectivity index (χ2v) is 11.2. The van der Waals surface area contributed by atoms with Crippen molar-refractivity contribution in [2.45, 2.75) is 52.1 Å². The number of nitrogens with two attached hydrogens (primary N) is 1. The van der Waals surface area contributed by atoms with Gasteiger partial charge in [0.25, 0.3) is 11.6 Å². The molecule has 0 fully saturated rings. The molecule has 48 heavy (non-hydrogen) atoms. The Morgan fingerprint density at radius 3 is 2.73 bits per heavy atom. The highest BCUT2D eigenvalue weighted by molar-refractivity contribution is 6.03. The number of imidazole rings is 1. The molecule has 4 aromatic rings. The van der Waals surface area contributed by atoms with Crippen LogP contribution in [0, 0.1) is 23.6 Å². The first kappa shape index (κ1) is 33.7. The van der Waals surface area contributed by atoms with E-state index in [9.17, 15) is 19.7 Å². The van der Waals surface area contributed by atoms with Crippen molar-refractivity contribution >= 4 is 45.9 Å². The van der Waals surface area contributed by atoms with Crippen molar-refractivity contribution in [3.05, 3.63) is 68.8 Å². The van der Waals surface area contributed by atoms with Gasteiger partial charge in [0.2, 0.25) is 11.9 Å². The summed E-state index contributed by atoms with van der Waals surface area (Å²) < 4.78 is 20.5. The number of unbranched alkanes of at least 4 members (excludes halogenated alkanes) is 1. The van der Waals surface area contributed by atoms with Gasteiger partial charge in [0.1, 0.15) is 29.3 Å². The maximum Gasteiger partial charge on any atom is 0.296 e. The van der Waals surface area contributed by atoms with Gasteiger partial charge in [-0.05, 0) is 57.4 Å². The first-order valence-corrected chi connectivity index (χ1v) is 15.5. The number of ether oxygens (including phenoxy) is 3. The fourth-order valence-corrected chi connectivity index (χ4v) is 5.69. The maximum atomic E-state index is 13.4. The number of amides is 2. The summed E-state index contributed by atoms with van der Waals surface area (Å²) in [7, 11) is 1.56. The number of carbonyl (C=O) groups excluding carboxylic acids is 2.